The number of rotatable bonds is 4. The Morgan fingerprint density at radius 2 is 2.00 bits per heavy atom. The number of aliphatic carboxylic acids is 1. The minimum Gasteiger partial charge on any atom is -0.481 e. The van der Waals surface area contributed by atoms with Crippen molar-refractivity contribution in [3.8, 4) is 0 Å². The molecule has 98 valence electrons. The van der Waals surface area contributed by atoms with Gasteiger partial charge in [0, 0.05) is 12.2 Å². The van der Waals surface area contributed by atoms with Crippen LogP contribution in [0.3, 0.4) is 0 Å². The molecule has 0 saturated heterocycles. The summed E-state index contributed by atoms with van der Waals surface area (Å²) >= 11 is 0. The summed E-state index contributed by atoms with van der Waals surface area (Å²) in [5.41, 5.74) is 3.82. The van der Waals surface area contributed by atoms with Gasteiger partial charge in [-0.05, 0) is 25.5 Å². The summed E-state index contributed by atoms with van der Waals surface area (Å²) in [6.45, 7) is 2.78. The first kappa shape index (κ1) is 14.0. The third kappa shape index (κ3) is 2.45. The lowest BCUT2D eigenvalue weighted by Crippen LogP contribution is -2.36. The average Bonchev–Trinajstić information content (AvgIpc) is 2.26. The number of pyridine rings is 1. The number of hydrogen-bond donors (Lipinski definition) is 3. The highest BCUT2D eigenvalue weighted by Crippen LogP contribution is 2.31. The van der Waals surface area contributed by atoms with Crippen molar-refractivity contribution in [3.63, 3.8) is 0 Å². The molecule has 0 aliphatic carbocycles. The van der Waals surface area contributed by atoms with Crippen LogP contribution in [0.4, 0.5) is 4.39 Å². The van der Waals surface area contributed by atoms with Crippen LogP contribution in [0.1, 0.15) is 35.9 Å². The highest BCUT2D eigenvalue weighted by Gasteiger charge is 2.36. The summed E-state index contributed by atoms with van der Waals surface area (Å²) in [6.07, 6.45) is 1.07. The Morgan fingerprint density at radius 1 is 1.44 bits per heavy atom. The number of nitrogens with two attached hydrogens (primary N) is 1. The predicted molar refractivity (Wildman–Crippen MR) is 59.5 cm³/mol. The number of carboxylic acid groups (broad SMARTS) is 2. The SMILES string of the molecule is CC(C)(C(=O)O)[C@H](N)c1cnc(C(=O)O)c(F)c1. The average molecular weight is 256 g/mol. The molecule has 0 fully saturated rings. The molecular formula is C11H13FN2O4. The summed E-state index contributed by atoms with van der Waals surface area (Å²) in [5, 5.41) is 17.6. The van der Waals surface area contributed by atoms with E-state index >= 15 is 0 Å². The van der Waals surface area contributed by atoms with Gasteiger partial charge in [-0.3, -0.25) is 4.79 Å². The van der Waals surface area contributed by atoms with Crippen molar-refractivity contribution in [2.75, 3.05) is 0 Å². The first-order valence-corrected chi connectivity index (χ1v) is 5.05. The lowest BCUT2D eigenvalue weighted by molar-refractivity contribution is -0.148. The standard InChI is InChI=1S/C11H13FN2O4/c1-11(2,10(17)18)8(13)5-3-6(12)7(9(15)16)14-4-5/h3-4,8H,13H2,1-2H3,(H,15,16)(H,17,18)/t8-/m1/s1. The van der Waals surface area contributed by atoms with Crippen molar-refractivity contribution >= 4 is 11.9 Å². The molecule has 1 aromatic heterocycles. The predicted octanol–water partition coefficient (Wildman–Crippen LogP) is 1.03. The van der Waals surface area contributed by atoms with Gasteiger partial charge in [0.1, 0.15) is 0 Å². The van der Waals surface area contributed by atoms with Gasteiger partial charge in [-0.25, -0.2) is 14.2 Å². The Bertz CT molecular complexity index is 502. The van der Waals surface area contributed by atoms with Crippen LogP contribution in [0.15, 0.2) is 12.3 Å². The monoisotopic (exact) mass is 256 g/mol. The van der Waals surface area contributed by atoms with Crippen molar-refractivity contribution in [2.45, 2.75) is 19.9 Å². The highest BCUT2D eigenvalue weighted by molar-refractivity contribution is 5.85. The molecule has 0 radical (unpaired) electrons. The van der Waals surface area contributed by atoms with E-state index in [9.17, 15) is 14.0 Å². The van der Waals surface area contributed by atoms with Crippen molar-refractivity contribution in [1.82, 2.24) is 4.98 Å². The minimum absolute atomic E-state index is 0.130. The van der Waals surface area contributed by atoms with Crippen LogP contribution in [0.2, 0.25) is 0 Å². The van der Waals surface area contributed by atoms with E-state index < -0.39 is 34.9 Å². The van der Waals surface area contributed by atoms with E-state index in [4.69, 9.17) is 15.9 Å². The number of aromatic carboxylic acids is 1. The van der Waals surface area contributed by atoms with Gasteiger partial charge in [-0.2, -0.15) is 0 Å². The van der Waals surface area contributed by atoms with Gasteiger partial charge >= 0.3 is 11.9 Å². The Kier molecular flexibility index (Phi) is 3.66. The van der Waals surface area contributed by atoms with E-state index in [1.807, 2.05) is 0 Å². The minimum atomic E-state index is -1.50. The molecule has 0 unspecified atom stereocenters. The highest BCUT2D eigenvalue weighted by atomic mass is 19.1. The number of nitrogens with zero attached hydrogens (tertiary/aromatic N) is 1. The van der Waals surface area contributed by atoms with Crippen molar-refractivity contribution in [2.24, 2.45) is 11.1 Å². The van der Waals surface area contributed by atoms with E-state index in [0.717, 1.165) is 12.3 Å². The van der Waals surface area contributed by atoms with E-state index in [-0.39, 0.29) is 5.56 Å². The van der Waals surface area contributed by atoms with E-state index in [1.165, 1.54) is 13.8 Å². The van der Waals surface area contributed by atoms with Crippen LogP contribution in [-0.4, -0.2) is 27.1 Å². The molecule has 7 heteroatoms. The third-order valence-electron chi connectivity index (χ3n) is 2.75. The fourth-order valence-corrected chi connectivity index (χ4v) is 1.33. The van der Waals surface area contributed by atoms with Gasteiger partial charge in [-0.15, -0.1) is 0 Å². The maximum Gasteiger partial charge on any atom is 0.357 e. The molecule has 1 aromatic rings. The molecule has 0 saturated carbocycles. The van der Waals surface area contributed by atoms with Gasteiger partial charge in [0.25, 0.3) is 0 Å². The Morgan fingerprint density at radius 3 is 2.39 bits per heavy atom. The summed E-state index contributed by atoms with van der Waals surface area (Å²) < 4.78 is 13.4. The molecule has 0 aromatic carbocycles. The molecule has 1 rings (SSSR count). The number of hydrogen-bond acceptors (Lipinski definition) is 4. The molecule has 0 aliphatic rings. The van der Waals surface area contributed by atoms with E-state index in [1.54, 1.807) is 0 Å². The summed E-state index contributed by atoms with van der Waals surface area (Å²) in [5.74, 6) is -3.68. The molecule has 0 aliphatic heterocycles. The quantitative estimate of drug-likeness (QED) is 0.741. The van der Waals surface area contributed by atoms with Crippen LogP contribution in [-0.2, 0) is 4.79 Å². The number of halogens is 1. The Labute approximate surface area is 102 Å². The zero-order valence-corrected chi connectivity index (χ0v) is 9.85. The van der Waals surface area contributed by atoms with Gasteiger partial charge in [0.15, 0.2) is 11.5 Å². The van der Waals surface area contributed by atoms with E-state index in [2.05, 4.69) is 4.98 Å². The second-order valence-corrected chi connectivity index (χ2v) is 4.41. The number of aromatic nitrogens is 1. The van der Waals surface area contributed by atoms with Gasteiger partial charge < -0.3 is 15.9 Å². The van der Waals surface area contributed by atoms with Crippen molar-refractivity contribution < 1.29 is 24.2 Å². The smallest absolute Gasteiger partial charge is 0.357 e. The summed E-state index contributed by atoms with van der Waals surface area (Å²) in [4.78, 5) is 25.0. The lowest BCUT2D eigenvalue weighted by Gasteiger charge is -2.27. The molecular weight excluding hydrogens is 243 g/mol. The molecule has 18 heavy (non-hydrogen) atoms. The first-order valence-electron chi connectivity index (χ1n) is 5.05. The van der Waals surface area contributed by atoms with Crippen LogP contribution in [0.5, 0.6) is 0 Å². The zero-order valence-electron chi connectivity index (χ0n) is 9.85. The molecule has 0 spiro atoms. The van der Waals surface area contributed by atoms with Crippen LogP contribution in [0.25, 0.3) is 0 Å². The molecule has 0 amide bonds. The second-order valence-electron chi connectivity index (χ2n) is 4.41. The van der Waals surface area contributed by atoms with Crippen LogP contribution in [0, 0.1) is 11.2 Å². The second kappa shape index (κ2) is 4.69. The van der Waals surface area contributed by atoms with Gasteiger partial charge in [0.2, 0.25) is 0 Å². The molecule has 4 N–H and O–H groups in total. The maximum atomic E-state index is 13.4. The van der Waals surface area contributed by atoms with Gasteiger partial charge in [0.05, 0.1) is 5.41 Å². The largest absolute Gasteiger partial charge is 0.481 e. The zero-order chi connectivity index (χ0) is 14.1. The third-order valence-corrected chi connectivity index (χ3v) is 2.75. The Balaban J connectivity index is 3.16. The summed E-state index contributed by atoms with van der Waals surface area (Å²) in [7, 11) is 0. The molecule has 6 nitrogen and oxygen atoms in total. The van der Waals surface area contributed by atoms with Gasteiger partial charge in [-0.1, -0.05) is 0 Å². The molecule has 1 atom stereocenters. The summed E-state index contributed by atoms with van der Waals surface area (Å²) in [6, 6.07) is -0.105. The maximum absolute atomic E-state index is 13.4. The van der Waals surface area contributed by atoms with E-state index in [0.29, 0.717) is 0 Å². The Hall–Kier alpha value is -2.02. The van der Waals surface area contributed by atoms with Crippen molar-refractivity contribution in [1.29, 1.82) is 0 Å². The van der Waals surface area contributed by atoms with Crippen molar-refractivity contribution in [3.05, 3.63) is 29.3 Å². The van der Waals surface area contributed by atoms with Crippen LogP contribution >= 0.6 is 0 Å². The fourth-order valence-electron chi connectivity index (χ4n) is 1.33. The number of carbonyl (C=O) groups is 2. The first-order chi connectivity index (χ1) is 8.17. The topological polar surface area (TPSA) is 114 Å². The molecule has 1 heterocycles. The molecule has 0 bridgehead atoms. The normalized spacial score (nSPS) is 13.1. The number of carboxylic acids is 2. The van der Waals surface area contributed by atoms with Crippen LogP contribution < -0.4 is 5.73 Å². The fraction of sp³-hybridized carbons (Fsp3) is 0.364. The lowest BCUT2D eigenvalue weighted by atomic mass is 9.81.